The summed E-state index contributed by atoms with van der Waals surface area (Å²) in [6.45, 7) is 1.84. The van der Waals surface area contributed by atoms with Crippen molar-refractivity contribution in [3.05, 3.63) is 48.3 Å². The van der Waals surface area contributed by atoms with E-state index in [4.69, 9.17) is 5.73 Å². The predicted molar refractivity (Wildman–Crippen MR) is 65.3 cm³/mol. The molecule has 88 valence electrons. The summed E-state index contributed by atoms with van der Waals surface area (Å²) in [5, 5.41) is 2.53. The fourth-order valence-corrected chi connectivity index (χ4v) is 1.14. The summed E-state index contributed by atoms with van der Waals surface area (Å²) in [7, 11) is 0. The summed E-state index contributed by atoms with van der Waals surface area (Å²) in [4.78, 5) is 26.3. The first-order valence-electron chi connectivity index (χ1n) is 4.99. The van der Waals surface area contributed by atoms with E-state index in [1.807, 2.05) is 6.92 Å². The van der Waals surface area contributed by atoms with Gasteiger partial charge < -0.3 is 11.1 Å². The minimum atomic E-state index is -0.611. The molecule has 5 nitrogen and oxygen atoms in total. The molecular formula is C12H13N3O2. The van der Waals surface area contributed by atoms with Crippen molar-refractivity contribution in [2.24, 2.45) is 5.73 Å². The standard InChI is InChI=1S/C12H13N3O2/c1-2-3-4-5-11(16)15-10-8-14-7-6-9(10)12(13)17/h2-8H,1H3,(H2,13,17)(H,15,16)/b3-2+,5-4+. The average molecular weight is 231 g/mol. The van der Waals surface area contributed by atoms with Crippen LogP contribution in [0.2, 0.25) is 0 Å². The van der Waals surface area contributed by atoms with E-state index in [2.05, 4.69) is 10.3 Å². The number of carbonyl (C=O) groups is 2. The van der Waals surface area contributed by atoms with Gasteiger partial charge >= 0.3 is 0 Å². The summed E-state index contributed by atoms with van der Waals surface area (Å²) in [5.74, 6) is -0.960. The van der Waals surface area contributed by atoms with Crippen LogP contribution in [0.15, 0.2) is 42.8 Å². The average Bonchev–Trinajstić information content (AvgIpc) is 2.29. The van der Waals surface area contributed by atoms with Gasteiger partial charge in [-0.15, -0.1) is 0 Å². The highest BCUT2D eigenvalue weighted by atomic mass is 16.2. The van der Waals surface area contributed by atoms with Crippen molar-refractivity contribution in [3.63, 3.8) is 0 Å². The van der Waals surface area contributed by atoms with Gasteiger partial charge in [-0.2, -0.15) is 0 Å². The van der Waals surface area contributed by atoms with Crippen molar-refractivity contribution in [1.82, 2.24) is 4.98 Å². The van der Waals surface area contributed by atoms with Crippen molar-refractivity contribution in [1.29, 1.82) is 0 Å². The molecule has 0 bridgehead atoms. The Balaban J connectivity index is 2.81. The molecule has 0 saturated carbocycles. The zero-order chi connectivity index (χ0) is 12.7. The van der Waals surface area contributed by atoms with E-state index < -0.39 is 5.91 Å². The Bertz CT molecular complexity index is 478. The Labute approximate surface area is 99.0 Å². The smallest absolute Gasteiger partial charge is 0.250 e. The van der Waals surface area contributed by atoms with Crippen LogP contribution in [0, 0.1) is 0 Å². The molecule has 3 N–H and O–H groups in total. The summed E-state index contributed by atoms with van der Waals surface area (Å²) in [6, 6.07) is 1.45. The minimum Gasteiger partial charge on any atom is -0.366 e. The highest BCUT2D eigenvalue weighted by Gasteiger charge is 2.08. The van der Waals surface area contributed by atoms with Crippen LogP contribution in [0.5, 0.6) is 0 Å². The first-order chi connectivity index (χ1) is 8.15. The molecule has 0 aromatic carbocycles. The van der Waals surface area contributed by atoms with Gasteiger partial charge in [0, 0.05) is 12.3 Å². The van der Waals surface area contributed by atoms with E-state index in [0.29, 0.717) is 5.69 Å². The first kappa shape index (κ1) is 12.6. The summed E-state index contributed by atoms with van der Waals surface area (Å²) >= 11 is 0. The fourth-order valence-electron chi connectivity index (χ4n) is 1.14. The number of carbonyl (C=O) groups excluding carboxylic acids is 2. The lowest BCUT2D eigenvalue weighted by atomic mass is 10.2. The highest BCUT2D eigenvalue weighted by molar-refractivity contribution is 6.05. The third kappa shape index (κ3) is 3.90. The maximum atomic E-state index is 11.5. The molecule has 1 heterocycles. The lowest BCUT2D eigenvalue weighted by Gasteiger charge is -2.05. The molecule has 1 aromatic rings. The van der Waals surface area contributed by atoms with Crippen LogP contribution in [-0.2, 0) is 4.79 Å². The third-order valence-electron chi connectivity index (χ3n) is 1.90. The van der Waals surface area contributed by atoms with E-state index in [-0.39, 0.29) is 11.5 Å². The first-order valence-corrected chi connectivity index (χ1v) is 4.99. The largest absolute Gasteiger partial charge is 0.366 e. The van der Waals surface area contributed by atoms with Crippen LogP contribution >= 0.6 is 0 Å². The second-order valence-electron chi connectivity index (χ2n) is 3.16. The number of rotatable bonds is 4. The van der Waals surface area contributed by atoms with Crippen LogP contribution in [-0.4, -0.2) is 16.8 Å². The molecule has 5 heteroatoms. The molecule has 0 spiro atoms. The molecule has 0 radical (unpaired) electrons. The Morgan fingerprint density at radius 3 is 2.82 bits per heavy atom. The van der Waals surface area contributed by atoms with E-state index in [1.54, 1.807) is 18.2 Å². The number of pyridine rings is 1. The van der Waals surface area contributed by atoms with Gasteiger partial charge in [0.25, 0.3) is 5.91 Å². The number of primary amides is 1. The molecule has 0 aliphatic heterocycles. The minimum absolute atomic E-state index is 0.229. The highest BCUT2D eigenvalue weighted by Crippen LogP contribution is 2.12. The number of amides is 2. The van der Waals surface area contributed by atoms with E-state index >= 15 is 0 Å². The van der Waals surface area contributed by atoms with E-state index in [0.717, 1.165) is 0 Å². The Kier molecular flexibility index (Phi) is 4.62. The fraction of sp³-hybridized carbons (Fsp3) is 0.0833. The van der Waals surface area contributed by atoms with Crippen LogP contribution in [0.3, 0.4) is 0 Å². The lowest BCUT2D eigenvalue weighted by Crippen LogP contribution is -2.17. The van der Waals surface area contributed by atoms with Crippen molar-refractivity contribution in [3.8, 4) is 0 Å². The molecule has 0 aliphatic rings. The van der Waals surface area contributed by atoms with E-state index in [9.17, 15) is 9.59 Å². The SMILES string of the molecule is C/C=C/C=C/C(=O)Nc1cnccc1C(N)=O. The second-order valence-corrected chi connectivity index (χ2v) is 3.16. The van der Waals surface area contributed by atoms with Crippen LogP contribution < -0.4 is 11.1 Å². The van der Waals surface area contributed by atoms with Gasteiger partial charge in [0.1, 0.15) is 0 Å². The van der Waals surface area contributed by atoms with Gasteiger partial charge in [-0.05, 0) is 13.0 Å². The number of allylic oxidation sites excluding steroid dienone is 3. The molecule has 0 fully saturated rings. The van der Waals surface area contributed by atoms with Crippen molar-refractivity contribution < 1.29 is 9.59 Å². The molecule has 0 unspecified atom stereocenters. The zero-order valence-corrected chi connectivity index (χ0v) is 9.38. The Morgan fingerprint density at radius 2 is 2.18 bits per heavy atom. The number of anilines is 1. The molecule has 0 atom stereocenters. The van der Waals surface area contributed by atoms with Crippen LogP contribution in [0.4, 0.5) is 5.69 Å². The molecule has 17 heavy (non-hydrogen) atoms. The number of nitrogens with two attached hydrogens (primary N) is 1. The van der Waals surface area contributed by atoms with Gasteiger partial charge in [0.2, 0.25) is 5.91 Å². The molecule has 2 amide bonds. The van der Waals surface area contributed by atoms with E-state index in [1.165, 1.54) is 24.5 Å². The lowest BCUT2D eigenvalue weighted by molar-refractivity contribution is -0.111. The summed E-state index contributed by atoms with van der Waals surface area (Å²) < 4.78 is 0. The van der Waals surface area contributed by atoms with Gasteiger partial charge in [-0.25, -0.2) is 0 Å². The number of hydrogen-bond donors (Lipinski definition) is 2. The number of aromatic nitrogens is 1. The molecule has 0 saturated heterocycles. The number of hydrogen-bond acceptors (Lipinski definition) is 3. The maximum absolute atomic E-state index is 11.5. The zero-order valence-electron chi connectivity index (χ0n) is 9.38. The third-order valence-corrected chi connectivity index (χ3v) is 1.90. The predicted octanol–water partition coefficient (Wildman–Crippen LogP) is 1.25. The van der Waals surface area contributed by atoms with Gasteiger partial charge in [-0.3, -0.25) is 14.6 Å². The van der Waals surface area contributed by atoms with Crippen molar-refractivity contribution >= 4 is 17.5 Å². The molecule has 0 aliphatic carbocycles. The normalized spacial score (nSPS) is 10.9. The van der Waals surface area contributed by atoms with Crippen LogP contribution in [0.1, 0.15) is 17.3 Å². The molecule has 1 rings (SSSR count). The topological polar surface area (TPSA) is 85.1 Å². The molecule has 1 aromatic heterocycles. The van der Waals surface area contributed by atoms with Crippen LogP contribution in [0.25, 0.3) is 0 Å². The second kappa shape index (κ2) is 6.22. The van der Waals surface area contributed by atoms with Gasteiger partial charge in [0.05, 0.1) is 17.4 Å². The Morgan fingerprint density at radius 1 is 1.41 bits per heavy atom. The van der Waals surface area contributed by atoms with Crippen molar-refractivity contribution in [2.45, 2.75) is 6.92 Å². The van der Waals surface area contributed by atoms with Gasteiger partial charge in [0.15, 0.2) is 0 Å². The summed E-state index contributed by atoms with van der Waals surface area (Å²) in [5.41, 5.74) is 5.70. The number of nitrogens with one attached hydrogen (secondary N) is 1. The monoisotopic (exact) mass is 231 g/mol. The summed E-state index contributed by atoms with van der Waals surface area (Å²) in [6.07, 6.45) is 9.26. The quantitative estimate of drug-likeness (QED) is 0.604. The van der Waals surface area contributed by atoms with Crippen molar-refractivity contribution in [2.75, 3.05) is 5.32 Å². The maximum Gasteiger partial charge on any atom is 0.250 e. The Hall–Kier alpha value is -2.43. The number of nitrogens with zero attached hydrogens (tertiary/aromatic N) is 1. The van der Waals surface area contributed by atoms with Gasteiger partial charge in [-0.1, -0.05) is 18.2 Å². The molecular weight excluding hydrogens is 218 g/mol.